The van der Waals surface area contributed by atoms with Gasteiger partial charge in [0.25, 0.3) is 0 Å². The van der Waals surface area contributed by atoms with Crippen molar-refractivity contribution in [2.75, 3.05) is 0 Å². The van der Waals surface area contributed by atoms with Crippen molar-refractivity contribution in [3.63, 3.8) is 0 Å². The second kappa shape index (κ2) is 5.97. The number of carbonyl (C=O) groups is 1. The zero-order valence-corrected chi connectivity index (χ0v) is 12.5. The van der Waals surface area contributed by atoms with Gasteiger partial charge in [0.05, 0.1) is 21.8 Å². The Bertz CT molecular complexity index is 358. The molecule has 0 amide bonds. The van der Waals surface area contributed by atoms with Crippen molar-refractivity contribution in [2.45, 2.75) is 57.9 Å². The summed E-state index contributed by atoms with van der Waals surface area (Å²) in [6.07, 6.45) is 3.66. The van der Waals surface area contributed by atoms with Crippen molar-refractivity contribution in [1.82, 2.24) is 4.72 Å². The summed E-state index contributed by atoms with van der Waals surface area (Å²) in [7, 11) is -1.17. The standard InChI is InChI=1S/C13H23NO3S/c1-9(2)8-10(11-6-7-12(15)17-11)14-18(16)13(3,4)5/h6-7,9-11,14H,8H2,1-5H3/t10-,11+,18+/m1/s1. The zero-order valence-electron chi connectivity index (χ0n) is 11.7. The van der Waals surface area contributed by atoms with E-state index in [1.807, 2.05) is 20.8 Å². The molecule has 18 heavy (non-hydrogen) atoms. The molecular weight excluding hydrogens is 250 g/mol. The zero-order chi connectivity index (χ0) is 13.9. The van der Waals surface area contributed by atoms with Crippen LogP contribution < -0.4 is 4.72 Å². The SMILES string of the molecule is CC(C)C[C@@H](N[S@@](=O)C(C)(C)C)[C@@H]1C=CC(=O)O1. The fourth-order valence-corrected chi connectivity index (χ4v) is 2.53. The first kappa shape index (κ1) is 15.4. The molecule has 4 nitrogen and oxygen atoms in total. The van der Waals surface area contributed by atoms with Crippen LogP contribution in [0.2, 0.25) is 0 Å². The van der Waals surface area contributed by atoms with Crippen molar-refractivity contribution in [2.24, 2.45) is 5.92 Å². The molecule has 0 aliphatic carbocycles. The van der Waals surface area contributed by atoms with Crippen molar-refractivity contribution in [1.29, 1.82) is 0 Å². The highest BCUT2D eigenvalue weighted by Crippen LogP contribution is 2.19. The maximum atomic E-state index is 12.1. The van der Waals surface area contributed by atoms with E-state index in [2.05, 4.69) is 18.6 Å². The van der Waals surface area contributed by atoms with Crippen LogP contribution in [0.4, 0.5) is 0 Å². The first-order valence-corrected chi connectivity index (χ1v) is 7.42. The molecule has 1 N–H and O–H groups in total. The number of esters is 1. The maximum absolute atomic E-state index is 12.1. The second-order valence-corrected chi connectivity index (χ2v) is 7.99. The molecule has 0 saturated carbocycles. The number of rotatable bonds is 5. The summed E-state index contributed by atoms with van der Waals surface area (Å²) in [6.45, 7) is 9.93. The van der Waals surface area contributed by atoms with Crippen molar-refractivity contribution < 1.29 is 13.7 Å². The average Bonchev–Trinajstić information content (AvgIpc) is 2.61. The molecule has 0 bridgehead atoms. The lowest BCUT2D eigenvalue weighted by molar-refractivity contribution is -0.139. The molecule has 0 aromatic carbocycles. The van der Waals surface area contributed by atoms with E-state index in [0.717, 1.165) is 6.42 Å². The van der Waals surface area contributed by atoms with Gasteiger partial charge in [-0.05, 0) is 39.2 Å². The van der Waals surface area contributed by atoms with Gasteiger partial charge in [0, 0.05) is 6.08 Å². The first-order valence-electron chi connectivity index (χ1n) is 6.27. The van der Waals surface area contributed by atoms with Gasteiger partial charge in [-0.25, -0.2) is 13.7 Å². The fraction of sp³-hybridized carbons (Fsp3) is 0.769. The minimum atomic E-state index is -1.17. The minimum absolute atomic E-state index is 0.104. The predicted molar refractivity (Wildman–Crippen MR) is 73.3 cm³/mol. The number of cyclic esters (lactones) is 1. The molecule has 1 rings (SSSR count). The van der Waals surface area contributed by atoms with Gasteiger partial charge >= 0.3 is 5.97 Å². The third kappa shape index (κ3) is 4.53. The van der Waals surface area contributed by atoms with Gasteiger partial charge in [-0.1, -0.05) is 13.8 Å². The van der Waals surface area contributed by atoms with Gasteiger partial charge in [-0.15, -0.1) is 0 Å². The van der Waals surface area contributed by atoms with Gasteiger partial charge in [-0.2, -0.15) is 0 Å². The van der Waals surface area contributed by atoms with Crippen LogP contribution in [0.25, 0.3) is 0 Å². The monoisotopic (exact) mass is 273 g/mol. The highest BCUT2D eigenvalue weighted by Gasteiger charge is 2.31. The Kier molecular flexibility index (Phi) is 5.10. The lowest BCUT2D eigenvalue weighted by Crippen LogP contribution is -2.46. The normalized spacial score (nSPS) is 23.2. The van der Waals surface area contributed by atoms with Crippen LogP contribution in [0, 0.1) is 5.92 Å². The average molecular weight is 273 g/mol. The fourth-order valence-electron chi connectivity index (χ4n) is 1.67. The van der Waals surface area contributed by atoms with E-state index >= 15 is 0 Å². The molecule has 0 saturated heterocycles. The van der Waals surface area contributed by atoms with Crippen LogP contribution in [-0.4, -0.2) is 27.1 Å². The Morgan fingerprint density at radius 1 is 1.44 bits per heavy atom. The van der Waals surface area contributed by atoms with E-state index in [1.165, 1.54) is 6.08 Å². The number of carbonyl (C=O) groups excluding carboxylic acids is 1. The maximum Gasteiger partial charge on any atom is 0.331 e. The van der Waals surface area contributed by atoms with Gasteiger partial charge in [0.2, 0.25) is 0 Å². The van der Waals surface area contributed by atoms with E-state index < -0.39 is 11.0 Å². The number of ether oxygens (including phenoxy) is 1. The first-order chi connectivity index (χ1) is 8.20. The van der Waals surface area contributed by atoms with E-state index in [-0.39, 0.29) is 22.9 Å². The van der Waals surface area contributed by atoms with Crippen LogP contribution >= 0.6 is 0 Å². The predicted octanol–water partition coefficient (Wildman–Crippen LogP) is 1.93. The summed E-state index contributed by atoms with van der Waals surface area (Å²) >= 11 is 0. The van der Waals surface area contributed by atoms with Crippen LogP contribution in [0.15, 0.2) is 12.2 Å². The van der Waals surface area contributed by atoms with Gasteiger partial charge in [-0.3, -0.25) is 0 Å². The third-order valence-electron chi connectivity index (χ3n) is 2.61. The molecule has 0 unspecified atom stereocenters. The number of hydrogen-bond donors (Lipinski definition) is 1. The molecule has 1 aliphatic heterocycles. The quantitative estimate of drug-likeness (QED) is 0.779. The van der Waals surface area contributed by atoms with Gasteiger partial charge in [0.1, 0.15) is 6.10 Å². The molecule has 1 heterocycles. The summed E-state index contributed by atoms with van der Waals surface area (Å²) < 4.78 is 20.1. The summed E-state index contributed by atoms with van der Waals surface area (Å²) in [5.74, 6) is 0.115. The van der Waals surface area contributed by atoms with Gasteiger partial charge < -0.3 is 4.74 Å². The van der Waals surface area contributed by atoms with E-state index in [1.54, 1.807) is 6.08 Å². The molecule has 0 spiro atoms. The summed E-state index contributed by atoms with van der Waals surface area (Å²) in [5.41, 5.74) is 0. The minimum Gasteiger partial charge on any atom is -0.453 e. The van der Waals surface area contributed by atoms with Gasteiger partial charge in [0.15, 0.2) is 0 Å². The van der Waals surface area contributed by atoms with E-state index in [0.29, 0.717) is 5.92 Å². The third-order valence-corrected chi connectivity index (χ3v) is 4.24. The van der Waals surface area contributed by atoms with Crippen molar-refractivity contribution in [3.05, 3.63) is 12.2 Å². The van der Waals surface area contributed by atoms with E-state index in [4.69, 9.17) is 4.74 Å². The molecule has 0 fully saturated rings. The highest BCUT2D eigenvalue weighted by atomic mass is 32.2. The smallest absolute Gasteiger partial charge is 0.331 e. The van der Waals surface area contributed by atoms with E-state index in [9.17, 15) is 9.00 Å². The topological polar surface area (TPSA) is 55.4 Å². The lowest BCUT2D eigenvalue weighted by Gasteiger charge is -2.28. The highest BCUT2D eigenvalue weighted by molar-refractivity contribution is 7.84. The molecule has 0 aromatic heterocycles. The molecule has 1 aliphatic rings. The van der Waals surface area contributed by atoms with Crippen LogP contribution in [0.3, 0.4) is 0 Å². The number of nitrogens with one attached hydrogen (secondary N) is 1. The summed E-state index contributed by atoms with van der Waals surface area (Å²) in [4.78, 5) is 11.1. The van der Waals surface area contributed by atoms with Crippen LogP contribution in [0.1, 0.15) is 41.0 Å². The largest absolute Gasteiger partial charge is 0.453 e. The molecule has 3 atom stereocenters. The molecule has 0 aromatic rings. The Labute approximate surface area is 112 Å². The lowest BCUT2D eigenvalue weighted by atomic mass is 10.0. The Morgan fingerprint density at radius 2 is 2.06 bits per heavy atom. The van der Waals surface area contributed by atoms with Crippen molar-refractivity contribution in [3.8, 4) is 0 Å². The van der Waals surface area contributed by atoms with Crippen LogP contribution in [-0.2, 0) is 20.5 Å². The summed E-state index contributed by atoms with van der Waals surface area (Å²) in [6, 6.07) is -0.104. The van der Waals surface area contributed by atoms with Crippen LogP contribution in [0.5, 0.6) is 0 Å². The number of hydrogen-bond acceptors (Lipinski definition) is 3. The molecule has 5 heteroatoms. The summed E-state index contributed by atoms with van der Waals surface area (Å²) in [5, 5.41) is 0. The molecular formula is C13H23NO3S. The molecule has 104 valence electrons. The second-order valence-electron chi connectivity index (χ2n) is 6.00. The molecule has 0 radical (unpaired) electrons. The Morgan fingerprint density at radius 3 is 2.44 bits per heavy atom. The van der Waals surface area contributed by atoms with Crippen molar-refractivity contribution >= 4 is 17.0 Å². The Balaban J connectivity index is 2.70. The Hall–Kier alpha value is -0.680.